The predicted molar refractivity (Wildman–Crippen MR) is 73.7 cm³/mol. The zero-order chi connectivity index (χ0) is 12.8. The van der Waals surface area contributed by atoms with Crippen LogP contribution in [0.3, 0.4) is 0 Å². The lowest BCUT2D eigenvalue weighted by molar-refractivity contribution is -0.0407. The van der Waals surface area contributed by atoms with Gasteiger partial charge in [0.1, 0.15) is 11.4 Å². The first-order valence-electron chi connectivity index (χ1n) is 7.16. The minimum absolute atomic E-state index is 0.0000746. The SMILES string of the molecule is Cc1ccc2c(c1)[C@@H](N)CC1(CCCCC1C)O2. The summed E-state index contributed by atoms with van der Waals surface area (Å²) >= 11 is 0. The fourth-order valence-electron chi connectivity index (χ4n) is 3.63. The van der Waals surface area contributed by atoms with Gasteiger partial charge in [-0.1, -0.05) is 31.0 Å². The lowest BCUT2D eigenvalue weighted by atomic mass is 9.71. The third-order valence-electron chi connectivity index (χ3n) is 4.83. The number of ether oxygens (including phenoxy) is 1. The zero-order valence-electron chi connectivity index (χ0n) is 11.4. The van der Waals surface area contributed by atoms with E-state index in [9.17, 15) is 0 Å². The van der Waals surface area contributed by atoms with E-state index < -0.39 is 0 Å². The quantitative estimate of drug-likeness (QED) is 0.756. The second-order valence-electron chi connectivity index (χ2n) is 6.17. The van der Waals surface area contributed by atoms with Crippen LogP contribution in [0.4, 0.5) is 0 Å². The smallest absolute Gasteiger partial charge is 0.124 e. The molecule has 2 heteroatoms. The van der Waals surface area contributed by atoms with E-state index in [1.165, 1.54) is 30.4 Å². The summed E-state index contributed by atoms with van der Waals surface area (Å²) in [6.45, 7) is 4.44. The molecule has 2 unspecified atom stereocenters. The first-order valence-corrected chi connectivity index (χ1v) is 7.16. The van der Waals surface area contributed by atoms with Gasteiger partial charge in [-0.2, -0.15) is 0 Å². The first kappa shape index (κ1) is 12.0. The Balaban J connectivity index is 1.98. The summed E-state index contributed by atoms with van der Waals surface area (Å²) < 4.78 is 6.42. The molecule has 1 heterocycles. The van der Waals surface area contributed by atoms with Gasteiger partial charge in [0.15, 0.2) is 0 Å². The average Bonchev–Trinajstić information content (AvgIpc) is 2.34. The topological polar surface area (TPSA) is 35.2 Å². The van der Waals surface area contributed by atoms with Crippen LogP contribution < -0.4 is 10.5 Å². The van der Waals surface area contributed by atoms with Crippen LogP contribution >= 0.6 is 0 Å². The number of benzene rings is 1. The van der Waals surface area contributed by atoms with Crippen molar-refractivity contribution in [3.63, 3.8) is 0 Å². The van der Waals surface area contributed by atoms with Crippen LogP contribution in [0.1, 0.15) is 56.2 Å². The van der Waals surface area contributed by atoms with Crippen molar-refractivity contribution >= 4 is 0 Å². The van der Waals surface area contributed by atoms with Gasteiger partial charge < -0.3 is 10.5 Å². The third kappa shape index (κ3) is 1.83. The molecule has 1 saturated carbocycles. The Bertz CT molecular complexity index is 456. The molecule has 2 N–H and O–H groups in total. The predicted octanol–water partition coefficient (Wildman–Crippen LogP) is 3.73. The number of hydrogen-bond acceptors (Lipinski definition) is 2. The van der Waals surface area contributed by atoms with E-state index in [0.717, 1.165) is 18.6 Å². The summed E-state index contributed by atoms with van der Waals surface area (Å²) in [6, 6.07) is 6.54. The van der Waals surface area contributed by atoms with Crippen molar-refractivity contribution in [1.82, 2.24) is 0 Å². The molecule has 1 aromatic carbocycles. The molecule has 3 rings (SSSR count). The van der Waals surface area contributed by atoms with E-state index in [1.807, 2.05) is 0 Å². The molecule has 1 spiro atoms. The van der Waals surface area contributed by atoms with Crippen molar-refractivity contribution in [3.8, 4) is 5.75 Å². The van der Waals surface area contributed by atoms with Gasteiger partial charge in [0.05, 0.1) is 0 Å². The van der Waals surface area contributed by atoms with Crippen LogP contribution in [0.2, 0.25) is 0 Å². The Labute approximate surface area is 110 Å². The van der Waals surface area contributed by atoms with Gasteiger partial charge in [-0.3, -0.25) is 0 Å². The van der Waals surface area contributed by atoms with E-state index in [-0.39, 0.29) is 11.6 Å². The van der Waals surface area contributed by atoms with Gasteiger partial charge in [-0.15, -0.1) is 0 Å². The largest absolute Gasteiger partial charge is 0.487 e. The van der Waals surface area contributed by atoms with E-state index in [0.29, 0.717) is 5.92 Å². The second kappa shape index (κ2) is 4.27. The Kier molecular flexibility index (Phi) is 2.86. The average molecular weight is 245 g/mol. The molecule has 1 aliphatic carbocycles. The number of fused-ring (bicyclic) bond motifs is 1. The van der Waals surface area contributed by atoms with Gasteiger partial charge >= 0.3 is 0 Å². The molecule has 0 aromatic heterocycles. The molecule has 0 radical (unpaired) electrons. The van der Waals surface area contributed by atoms with Crippen LogP contribution in [-0.2, 0) is 0 Å². The molecular weight excluding hydrogens is 222 g/mol. The van der Waals surface area contributed by atoms with Gasteiger partial charge in [-0.05, 0) is 38.2 Å². The van der Waals surface area contributed by atoms with Crippen LogP contribution in [0, 0.1) is 12.8 Å². The maximum Gasteiger partial charge on any atom is 0.124 e. The van der Waals surface area contributed by atoms with Gasteiger partial charge in [-0.25, -0.2) is 0 Å². The van der Waals surface area contributed by atoms with Crippen molar-refractivity contribution < 1.29 is 4.74 Å². The van der Waals surface area contributed by atoms with Crippen LogP contribution in [-0.4, -0.2) is 5.60 Å². The lowest BCUT2D eigenvalue weighted by Crippen LogP contribution is -2.49. The highest BCUT2D eigenvalue weighted by Gasteiger charge is 2.45. The van der Waals surface area contributed by atoms with Crippen molar-refractivity contribution in [2.45, 2.75) is 57.6 Å². The number of rotatable bonds is 0. The fraction of sp³-hybridized carbons (Fsp3) is 0.625. The Morgan fingerprint density at radius 2 is 2.17 bits per heavy atom. The molecule has 0 bridgehead atoms. The Morgan fingerprint density at radius 1 is 1.33 bits per heavy atom. The van der Waals surface area contributed by atoms with Crippen molar-refractivity contribution in [2.24, 2.45) is 11.7 Å². The monoisotopic (exact) mass is 245 g/mol. The maximum atomic E-state index is 6.42. The minimum Gasteiger partial charge on any atom is -0.487 e. The highest BCUT2D eigenvalue weighted by atomic mass is 16.5. The van der Waals surface area contributed by atoms with Crippen molar-refractivity contribution in [2.75, 3.05) is 0 Å². The standard InChI is InChI=1S/C16H23NO/c1-11-6-7-15-13(9-11)14(17)10-16(18-15)8-4-3-5-12(16)2/h6-7,9,12,14H,3-5,8,10,17H2,1-2H3/t12?,14-,16?/m0/s1. The molecule has 98 valence electrons. The van der Waals surface area contributed by atoms with E-state index in [1.54, 1.807) is 0 Å². The number of hydrogen-bond donors (Lipinski definition) is 1. The minimum atomic E-state index is -0.0000746. The van der Waals surface area contributed by atoms with Crippen molar-refractivity contribution in [3.05, 3.63) is 29.3 Å². The fourth-order valence-corrected chi connectivity index (χ4v) is 3.63. The van der Waals surface area contributed by atoms with Crippen LogP contribution in [0.5, 0.6) is 5.75 Å². The third-order valence-corrected chi connectivity index (χ3v) is 4.83. The number of aryl methyl sites for hydroxylation is 1. The first-order chi connectivity index (χ1) is 8.61. The molecule has 2 nitrogen and oxygen atoms in total. The van der Waals surface area contributed by atoms with E-state index in [4.69, 9.17) is 10.5 Å². The van der Waals surface area contributed by atoms with Gasteiger partial charge in [0.2, 0.25) is 0 Å². The second-order valence-corrected chi connectivity index (χ2v) is 6.17. The molecule has 3 atom stereocenters. The summed E-state index contributed by atoms with van der Waals surface area (Å²) in [5, 5.41) is 0. The summed E-state index contributed by atoms with van der Waals surface area (Å²) in [6.07, 6.45) is 6.02. The van der Waals surface area contributed by atoms with Gasteiger partial charge in [0, 0.05) is 18.0 Å². The Morgan fingerprint density at radius 3 is 2.94 bits per heavy atom. The molecule has 2 aliphatic rings. The summed E-state index contributed by atoms with van der Waals surface area (Å²) in [5.41, 5.74) is 8.86. The van der Waals surface area contributed by atoms with Crippen LogP contribution in [0.25, 0.3) is 0 Å². The highest BCUT2D eigenvalue weighted by molar-refractivity contribution is 5.41. The molecule has 18 heavy (non-hydrogen) atoms. The summed E-state index contributed by atoms with van der Waals surface area (Å²) in [7, 11) is 0. The van der Waals surface area contributed by atoms with Crippen LogP contribution in [0.15, 0.2) is 18.2 Å². The normalized spacial score (nSPS) is 35.1. The molecule has 0 saturated heterocycles. The number of nitrogens with two attached hydrogens (primary N) is 1. The zero-order valence-corrected chi connectivity index (χ0v) is 11.4. The van der Waals surface area contributed by atoms with E-state index >= 15 is 0 Å². The molecule has 1 aromatic rings. The highest BCUT2D eigenvalue weighted by Crippen LogP contribution is 2.47. The molecule has 1 fully saturated rings. The molecule has 1 aliphatic heterocycles. The lowest BCUT2D eigenvalue weighted by Gasteiger charge is -2.47. The Hall–Kier alpha value is -1.02. The van der Waals surface area contributed by atoms with E-state index in [2.05, 4.69) is 32.0 Å². The summed E-state index contributed by atoms with van der Waals surface area (Å²) in [4.78, 5) is 0. The molecule has 0 amide bonds. The van der Waals surface area contributed by atoms with Crippen molar-refractivity contribution in [1.29, 1.82) is 0 Å². The summed E-state index contributed by atoms with van der Waals surface area (Å²) in [5.74, 6) is 1.64. The maximum absolute atomic E-state index is 6.42. The van der Waals surface area contributed by atoms with Gasteiger partial charge in [0.25, 0.3) is 0 Å². The molecular formula is C16H23NO.